The van der Waals surface area contributed by atoms with Gasteiger partial charge in [0.05, 0.1) is 17.7 Å². The van der Waals surface area contributed by atoms with Crippen molar-refractivity contribution in [3.05, 3.63) is 125 Å². The highest BCUT2D eigenvalue weighted by Gasteiger charge is 2.36. The first kappa shape index (κ1) is 33.6. The Labute approximate surface area is 270 Å². The number of nitrogens with zero attached hydrogens (tertiary/aromatic N) is 2. The number of amides is 2. The first-order valence-corrected chi connectivity index (χ1v) is 16.4. The Morgan fingerprint density at radius 2 is 1.51 bits per heavy atom. The monoisotopic (exact) mass is 647 g/mol. The zero-order valence-electron chi connectivity index (χ0n) is 25.8. The minimum atomic E-state index is -4.26. The molecule has 8 nitrogen and oxygen atoms in total. The summed E-state index contributed by atoms with van der Waals surface area (Å²) in [6.07, 6.45) is 0.203. The summed E-state index contributed by atoms with van der Waals surface area (Å²) in [6, 6.07) is 28.3. The lowest BCUT2D eigenvalue weighted by Crippen LogP contribution is -2.54. The molecule has 1 unspecified atom stereocenters. The molecule has 0 aliphatic carbocycles. The van der Waals surface area contributed by atoms with Gasteiger partial charge in [0, 0.05) is 24.0 Å². The number of sulfonamides is 1. The second-order valence-electron chi connectivity index (χ2n) is 11.0. The maximum absolute atomic E-state index is 14.6. The lowest BCUT2D eigenvalue weighted by atomic mass is 10.0. The number of rotatable bonds is 13. The third kappa shape index (κ3) is 8.44. The highest BCUT2D eigenvalue weighted by Crippen LogP contribution is 2.34. The van der Waals surface area contributed by atoms with Crippen molar-refractivity contribution in [1.29, 1.82) is 0 Å². The SMILES string of the molecule is COc1ccc(C)cc1N(CC(=O)N(Cc1ccccc1Cl)C(Cc1ccccc1)C(=O)NC(C)C)S(=O)(=O)c1ccccc1. The number of benzene rings is 4. The largest absolute Gasteiger partial charge is 0.495 e. The van der Waals surface area contributed by atoms with Crippen LogP contribution >= 0.6 is 11.6 Å². The summed E-state index contributed by atoms with van der Waals surface area (Å²) in [6.45, 7) is 4.90. The zero-order valence-corrected chi connectivity index (χ0v) is 27.4. The van der Waals surface area contributed by atoms with Gasteiger partial charge in [-0.05, 0) is 67.8 Å². The van der Waals surface area contributed by atoms with E-state index in [9.17, 15) is 18.0 Å². The molecule has 4 aromatic carbocycles. The van der Waals surface area contributed by atoms with E-state index in [4.69, 9.17) is 16.3 Å². The number of hydrogen-bond acceptors (Lipinski definition) is 5. The summed E-state index contributed by atoms with van der Waals surface area (Å²) in [4.78, 5) is 29.8. The predicted octanol–water partition coefficient (Wildman–Crippen LogP) is 6.02. The Balaban J connectivity index is 1.86. The summed E-state index contributed by atoms with van der Waals surface area (Å²) in [5, 5.41) is 3.37. The topological polar surface area (TPSA) is 96.0 Å². The number of aryl methyl sites for hydroxylation is 1. The first-order chi connectivity index (χ1) is 21.5. The van der Waals surface area contributed by atoms with Crippen LogP contribution in [0.25, 0.3) is 0 Å². The van der Waals surface area contributed by atoms with Crippen LogP contribution in [0.3, 0.4) is 0 Å². The van der Waals surface area contributed by atoms with Gasteiger partial charge in [0.1, 0.15) is 18.3 Å². The molecule has 4 rings (SSSR count). The van der Waals surface area contributed by atoms with Gasteiger partial charge in [0.2, 0.25) is 11.8 Å². The van der Waals surface area contributed by atoms with Crippen LogP contribution in [0.2, 0.25) is 5.02 Å². The molecule has 0 fully saturated rings. The van der Waals surface area contributed by atoms with Crippen molar-refractivity contribution in [2.75, 3.05) is 18.0 Å². The number of methoxy groups -OCH3 is 1. The molecule has 45 heavy (non-hydrogen) atoms. The molecule has 10 heteroatoms. The third-order valence-corrected chi connectivity index (χ3v) is 9.36. The fourth-order valence-corrected chi connectivity index (χ4v) is 6.61. The van der Waals surface area contributed by atoms with Crippen molar-refractivity contribution >= 4 is 39.1 Å². The van der Waals surface area contributed by atoms with Crippen LogP contribution in [0.15, 0.2) is 108 Å². The van der Waals surface area contributed by atoms with E-state index >= 15 is 0 Å². The van der Waals surface area contributed by atoms with Crippen molar-refractivity contribution < 1.29 is 22.7 Å². The lowest BCUT2D eigenvalue weighted by Gasteiger charge is -2.34. The highest BCUT2D eigenvalue weighted by molar-refractivity contribution is 7.92. The molecule has 1 atom stereocenters. The summed E-state index contributed by atoms with van der Waals surface area (Å²) in [7, 11) is -2.81. The van der Waals surface area contributed by atoms with Gasteiger partial charge in [-0.3, -0.25) is 13.9 Å². The molecule has 0 aliphatic heterocycles. The van der Waals surface area contributed by atoms with Crippen molar-refractivity contribution in [3.8, 4) is 5.75 Å². The third-order valence-electron chi connectivity index (χ3n) is 7.21. The van der Waals surface area contributed by atoms with Crippen LogP contribution < -0.4 is 14.4 Å². The number of anilines is 1. The van der Waals surface area contributed by atoms with E-state index in [1.54, 1.807) is 60.7 Å². The average Bonchev–Trinajstić information content (AvgIpc) is 3.02. The molecule has 1 N–H and O–H groups in total. The van der Waals surface area contributed by atoms with Crippen LogP contribution in [-0.4, -0.2) is 50.9 Å². The Morgan fingerprint density at radius 1 is 0.889 bits per heavy atom. The maximum atomic E-state index is 14.6. The smallest absolute Gasteiger partial charge is 0.264 e. The van der Waals surface area contributed by atoms with Crippen LogP contribution in [0, 0.1) is 6.92 Å². The van der Waals surface area contributed by atoms with Gasteiger partial charge in [0.25, 0.3) is 10.0 Å². The van der Waals surface area contributed by atoms with Crippen LogP contribution in [0.5, 0.6) is 5.75 Å². The number of carbonyl (C=O) groups excluding carboxylic acids is 2. The normalized spacial score (nSPS) is 12.0. The first-order valence-electron chi connectivity index (χ1n) is 14.6. The molecule has 0 bridgehead atoms. The van der Waals surface area contributed by atoms with Gasteiger partial charge in [-0.2, -0.15) is 0 Å². The van der Waals surface area contributed by atoms with E-state index in [0.717, 1.165) is 15.4 Å². The molecular weight excluding hydrogens is 610 g/mol. The molecule has 0 spiro atoms. The van der Waals surface area contributed by atoms with Gasteiger partial charge >= 0.3 is 0 Å². The molecular formula is C35H38ClN3O5S. The predicted molar refractivity (Wildman–Crippen MR) is 178 cm³/mol. The van der Waals surface area contributed by atoms with E-state index in [0.29, 0.717) is 10.6 Å². The number of halogens is 1. The fourth-order valence-electron chi connectivity index (χ4n) is 4.97. The summed E-state index contributed by atoms with van der Waals surface area (Å²) in [5.74, 6) is -0.665. The number of carbonyl (C=O) groups is 2. The lowest BCUT2D eigenvalue weighted by molar-refractivity contribution is -0.140. The Morgan fingerprint density at radius 3 is 2.13 bits per heavy atom. The van der Waals surface area contributed by atoms with E-state index in [1.165, 1.54) is 24.1 Å². The number of nitrogens with one attached hydrogen (secondary N) is 1. The van der Waals surface area contributed by atoms with E-state index in [1.807, 2.05) is 51.1 Å². The minimum Gasteiger partial charge on any atom is -0.495 e. The average molecular weight is 648 g/mol. The number of ether oxygens (including phenoxy) is 1. The van der Waals surface area contributed by atoms with Gasteiger partial charge in [-0.15, -0.1) is 0 Å². The van der Waals surface area contributed by atoms with Gasteiger partial charge in [-0.1, -0.05) is 84.4 Å². The molecule has 0 radical (unpaired) electrons. The fraction of sp³-hybridized carbons (Fsp3) is 0.257. The molecule has 0 saturated carbocycles. The quantitative estimate of drug-likeness (QED) is 0.192. The molecule has 2 amide bonds. The van der Waals surface area contributed by atoms with E-state index < -0.39 is 28.5 Å². The van der Waals surface area contributed by atoms with E-state index in [2.05, 4.69) is 5.32 Å². The molecule has 236 valence electrons. The van der Waals surface area contributed by atoms with Crippen molar-refractivity contribution in [2.24, 2.45) is 0 Å². The Kier molecular flexibility index (Phi) is 11.3. The van der Waals surface area contributed by atoms with Gasteiger partial charge in [-0.25, -0.2) is 8.42 Å². The Hall–Kier alpha value is -4.34. The molecule has 0 saturated heterocycles. The molecule has 0 aromatic heterocycles. The summed E-state index contributed by atoms with van der Waals surface area (Å²) < 4.78 is 35.1. The molecule has 0 heterocycles. The van der Waals surface area contributed by atoms with Gasteiger partial charge < -0.3 is 15.0 Å². The molecule has 4 aromatic rings. The number of hydrogen-bond donors (Lipinski definition) is 1. The minimum absolute atomic E-state index is 0.0115. The second kappa shape index (κ2) is 15.1. The van der Waals surface area contributed by atoms with Crippen molar-refractivity contribution in [3.63, 3.8) is 0 Å². The Bertz CT molecular complexity index is 1720. The standard InChI is InChI=1S/C35H38ClN3O5S/c1-25(2)37-35(41)32(22-27-13-7-5-8-14-27)38(23-28-15-11-12-18-30(28)36)34(40)24-39(31-21-26(3)19-20-33(31)44-4)45(42,43)29-16-9-6-10-17-29/h5-21,25,32H,22-24H2,1-4H3,(H,37,41). The maximum Gasteiger partial charge on any atom is 0.264 e. The summed E-state index contributed by atoms with van der Waals surface area (Å²) in [5.41, 5.74) is 2.44. The van der Waals surface area contributed by atoms with Crippen LogP contribution in [0.4, 0.5) is 5.69 Å². The highest BCUT2D eigenvalue weighted by atomic mass is 35.5. The van der Waals surface area contributed by atoms with Crippen molar-refractivity contribution in [2.45, 2.75) is 50.7 Å². The van der Waals surface area contributed by atoms with Crippen molar-refractivity contribution in [1.82, 2.24) is 10.2 Å². The second-order valence-corrected chi connectivity index (χ2v) is 13.3. The molecule has 0 aliphatic rings. The zero-order chi connectivity index (χ0) is 32.6. The van der Waals surface area contributed by atoms with E-state index in [-0.39, 0.29) is 41.2 Å². The summed E-state index contributed by atoms with van der Waals surface area (Å²) >= 11 is 6.55. The van der Waals surface area contributed by atoms with Crippen LogP contribution in [0.1, 0.15) is 30.5 Å². The van der Waals surface area contributed by atoms with Gasteiger partial charge in [0.15, 0.2) is 0 Å². The van der Waals surface area contributed by atoms with Crippen LogP contribution in [-0.2, 0) is 32.6 Å².